The van der Waals surface area contributed by atoms with Crippen LogP contribution in [0, 0.1) is 6.92 Å². The number of hydrogen-bond acceptors (Lipinski definition) is 1. The Bertz CT molecular complexity index is 264. The first kappa shape index (κ1) is 9.33. The van der Waals surface area contributed by atoms with Crippen molar-refractivity contribution in [2.45, 2.75) is 6.92 Å². The largest absolute Gasteiger partial charge is 0.488 e. The third kappa shape index (κ3) is 3.09. The standard InChI is InChI=1S/C10H11BrO/c1-8-3-5-10(6-4-8)12-7-9(2)11/h3-6H,2,7H2,1H3. The molecule has 0 heterocycles. The second kappa shape index (κ2) is 4.31. The molecule has 0 saturated heterocycles. The zero-order valence-corrected chi connectivity index (χ0v) is 8.60. The molecule has 1 aromatic rings. The highest BCUT2D eigenvalue weighted by Crippen LogP contribution is 2.13. The van der Waals surface area contributed by atoms with Gasteiger partial charge in [0, 0.05) is 4.48 Å². The van der Waals surface area contributed by atoms with Crippen LogP contribution in [-0.2, 0) is 0 Å². The minimum Gasteiger partial charge on any atom is -0.488 e. The summed E-state index contributed by atoms with van der Waals surface area (Å²) >= 11 is 3.23. The topological polar surface area (TPSA) is 9.23 Å². The molecule has 0 bridgehead atoms. The zero-order valence-electron chi connectivity index (χ0n) is 7.01. The van der Waals surface area contributed by atoms with Gasteiger partial charge in [-0.2, -0.15) is 0 Å². The van der Waals surface area contributed by atoms with Crippen LogP contribution < -0.4 is 4.74 Å². The SMILES string of the molecule is C=C(Br)COc1ccc(C)cc1. The van der Waals surface area contributed by atoms with Crippen LogP contribution in [0.1, 0.15) is 5.56 Å². The Morgan fingerprint density at radius 2 is 2.00 bits per heavy atom. The molecule has 0 unspecified atom stereocenters. The van der Waals surface area contributed by atoms with Crippen molar-refractivity contribution < 1.29 is 4.74 Å². The van der Waals surface area contributed by atoms with Gasteiger partial charge in [-0.15, -0.1) is 0 Å². The summed E-state index contributed by atoms with van der Waals surface area (Å²) in [7, 11) is 0. The van der Waals surface area contributed by atoms with Crippen molar-refractivity contribution >= 4 is 15.9 Å². The number of benzene rings is 1. The summed E-state index contributed by atoms with van der Waals surface area (Å²) in [4.78, 5) is 0. The highest BCUT2D eigenvalue weighted by Gasteiger charge is 1.92. The molecule has 0 fully saturated rings. The van der Waals surface area contributed by atoms with Crippen LogP contribution in [-0.4, -0.2) is 6.61 Å². The van der Waals surface area contributed by atoms with E-state index >= 15 is 0 Å². The molecule has 0 amide bonds. The number of ether oxygens (including phenoxy) is 1. The fraction of sp³-hybridized carbons (Fsp3) is 0.200. The number of halogens is 1. The molecule has 0 aliphatic rings. The molecule has 0 aliphatic heterocycles. The van der Waals surface area contributed by atoms with Crippen LogP contribution in [0.15, 0.2) is 35.3 Å². The van der Waals surface area contributed by atoms with Gasteiger partial charge in [-0.05, 0) is 19.1 Å². The van der Waals surface area contributed by atoms with E-state index in [4.69, 9.17) is 4.74 Å². The smallest absolute Gasteiger partial charge is 0.119 e. The Kier molecular flexibility index (Phi) is 3.35. The molecule has 0 N–H and O–H groups in total. The van der Waals surface area contributed by atoms with Crippen LogP contribution >= 0.6 is 15.9 Å². The molecule has 0 radical (unpaired) electrons. The molecule has 1 rings (SSSR count). The van der Waals surface area contributed by atoms with E-state index in [1.807, 2.05) is 31.2 Å². The summed E-state index contributed by atoms with van der Waals surface area (Å²) < 4.78 is 6.23. The summed E-state index contributed by atoms with van der Waals surface area (Å²) in [5.74, 6) is 0.876. The first-order valence-corrected chi connectivity index (χ1v) is 4.50. The van der Waals surface area contributed by atoms with E-state index in [0.717, 1.165) is 10.2 Å². The molecular formula is C10H11BrO. The maximum Gasteiger partial charge on any atom is 0.119 e. The van der Waals surface area contributed by atoms with Crippen molar-refractivity contribution in [1.29, 1.82) is 0 Å². The minimum atomic E-state index is 0.517. The summed E-state index contributed by atoms with van der Waals surface area (Å²) in [5.41, 5.74) is 1.24. The molecule has 0 aliphatic carbocycles. The monoisotopic (exact) mass is 226 g/mol. The maximum atomic E-state index is 5.38. The Labute approximate surface area is 81.2 Å². The average molecular weight is 227 g/mol. The van der Waals surface area contributed by atoms with E-state index in [0.29, 0.717) is 6.61 Å². The van der Waals surface area contributed by atoms with Gasteiger partial charge in [-0.25, -0.2) is 0 Å². The Morgan fingerprint density at radius 3 is 2.50 bits per heavy atom. The molecule has 1 aromatic carbocycles. The summed E-state index contributed by atoms with van der Waals surface area (Å²) in [6.07, 6.45) is 0. The van der Waals surface area contributed by atoms with Crippen molar-refractivity contribution in [3.05, 3.63) is 40.9 Å². The van der Waals surface area contributed by atoms with Crippen LogP contribution in [0.3, 0.4) is 0 Å². The summed E-state index contributed by atoms with van der Waals surface area (Å²) in [6.45, 7) is 6.25. The van der Waals surface area contributed by atoms with Gasteiger partial charge in [-0.1, -0.05) is 40.2 Å². The van der Waals surface area contributed by atoms with E-state index < -0.39 is 0 Å². The van der Waals surface area contributed by atoms with Gasteiger partial charge in [0.1, 0.15) is 12.4 Å². The molecular weight excluding hydrogens is 216 g/mol. The van der Waals surface area contributed by atoms with Crippen LogP contribution in [0.5, 0.6) is 5.75 Å². The van der Waals surface area contributed by atoms with Crippen molar-refractivity contribution in [2.24, 2.45) is 0 Å². The van der Waals surface area contributed by atoms with Crippen LogP contribution in [0.25, 0.3) is 0 Å². The lowest BCUT2D eigenvalue weighted by molar-refractivity contribution is 0.361. The zero-order chi connectivity index (χ0) is 8.97. The van der Waals surface area contributed by atoms with Gasteiger partial charge in [0.15, 0.2) is 0 Å². The van der Waals surface area contributed by atoms with Gasteiger partial charge in [-0.3, -0.25) is 0 Å². The van der Waals surface area contributed by atoms with E-state index in [2.05, 4.69) is 22.5 Å². The highest BCUT2D eigenvalue weighted by molar-refractivity contribution is 9.11. The molecule has 0 atom stereocenters. The van der Waals surface area contributed by atoms with Gasteiger partial charge >= 0.3 is 0 Å². The highest BCUT2D eigenvalue weighted by atomic mass is 79.9. The quantitative estimate of drug-likeness (QED) is 0.769. The lowest BCUT2D eigenvalue weighted by Crippen LogP contribution is -1.95. The van der Waals surface area contributed by atoms with E-state index in [9.17, 15) is 0 Å². The molecule has 1 nitrogen and oxygen atoms in total. The molecule has 12 heavy (non-hydrogen) atoms. The Balaban J connectivity index is 2.53. The number of hydrogen-bond donors (Lipinski definition) is 0. The molecule has 2 heteroatoms. The first-order chi connectivity index (χ1) is 5.68. The fourth-order valence-corrected chi connectivity index (χ4v) is 0.911. The third-order valence-electron chi connectivity index (χ3n) is 1.42. The van der Waals surface area contributed by atoms with E-state index in [1.165, 1.54) is 5.56 Å². The second-order valence-corrected chi connectivity index (χ2v) is 3.74. The molecule has 0 aromatic heterocycles. The fourth-order valence-electron chi connectivity index (χ4n) is 0.796. The van der Waals surface area contributed by atoms with Crippen LogP contribution in [0.2, 0.25) is 0 Å². The third-order valence-corrected chi connectivity index (χ3v) is 1.65. The summed E-state index contributed by atoms with van der Waals surface area (Å²) in [6, 6.07) is 7.94. The minimum absolute atomic E-state index is 0.517. The Hall–Kier alpha value is -0.760. The van der Waals surface area contributed by atoms with E-state index in [-0.39, 0.29) is 0 Å². The molecule has 0 saturated carbocycles. The van der Waals surface area contributed by atoms with Crippen LogP contribution in [0.4, 0.5) is 0 Å². The summed E-state index contributed by atoms with van der Waals surface area (Å²) in [5, 5.41) is 0. The van der Waals surface area contributed by atoms with E-state index in [1.54, 1.807) is 0 Å². The van der Waals surface area contributed by atoms with Crippen molar-refractivity contribution in [2.75, 3.05) is 6.61 Å². The Morgan fingerprint density at radius 1 is 1.42 bits per heavy atom. The van der Waals surface area contributed by atoms with Crippen molar-refractivity contribution in [1.82, 2.24) is 0 Å². The normalized spacial score (nSPS) is 9.50. The number of aryl methyl sites for hydroxylation is 1. The lowest BCUT2D eigenvalue weighted by atomic mass is 10.2. The predicted octanol–water partition coefficient (Wildman–Crippen LogP) is 3.28. The predicted molar refractivity (Wildman–Crippen MR) is 54.7 cm³/mol. The van der Waals surface area contributed by atoms with Crippen molar-refractivity contribution in [3.63, 3.8) is 0 Å². The maximum absolute atomic E-state index is 5.38. The average Bonchev–Trinajstić information content (AvgIpc) is 2.03. The molecule has 0 spiro atoms. The van der Waals surface area contributed by atoms with Gasteiger partial charge < -0.3 is 4.74 Å². The van der Waals surface area contributed by atoms with Gasteiger partial charge in [0.2, 0.25) is 0 Å². The number of rotatable bonds is 3. The van der Waals surface area contributed by atoms with Crippen molar-refractivity contribution in [3.8, 4) is 5.75 Å². The molecule has 64 valence electrons. The first-order valence-electron chi connectivity index (χ1n) is 3.71. The second-order valence-electron chi connectivity index (χ2n) is 2.62. The van der Waals surface area contributed by atoms with Gasteiger partial charge in [0.05, 0.1) is 0 Å². The lowest BCUT2D eigenvalue weighted by Gasteiger charge is -2.04. The van der Waals surface area contributed by atoms with Gasteiger partial charge in [0.25, 0.3) is 0 Å².